The highest BCUT2D eigenvalue weighted by Gasteiger charge is 2.20. The summed E-state index contributed by atoms with van der Waals surface area (Å²) in [5.74, 6) is 0. The number of rotatable bonds is 5. The number of aromatic nitrogens is 1. The van der Waals surface area contributed by atoms with Gasteiger partial charge in [-0.25, -0.2) is 0 Å². The van der Waals surface area contributed by atoms with Crippen molar-refractivity contribution in [3.8, 4) is 0 Å². The van der Waals surface area contributed by atoms with Crippen molar-refractivity contribution in [2.45, 2.75) is 25.9 Å². The van der Waals surface area contributed by atoms with E-state index in [0.717, 1.165) is 16.7 Å². The predicted molar refractivity (Wildman–Crippen MR) is 64.8 cm³/mol. The molecule has 0 aliphatic carbocycles. The molecule has 84 valence electrons. The van der Waals surface area contributed by atoms with Gasteiger partial charge in [-0.3, -0.25) is 4.98 Å². The second-order valence-electron chi connectivity index (χ2n) is 3.92. The molecule has 1 atom stereocenters. The molecule has 0 aliphatic heterocycles. The molecule has 0 radical (unpaired) electrons. The predicted octanol–water partition coefficient (Wildman–Crippen LogP) is 1.75. The average Bonchev–Trinajstić information content (AvgIpc) is 2.18. The van der Waals surface area contributed by atoms with Crippen molar-refractivity contribution in [2.75, 3.05) is 13.1 Å². The van der Waals surface area contributed by atoms with Gasteiger partial charge in [0.15, 0.2) is 0 Å². The minimum atomic E-state index is -0.739. The summed E-state index contributed by atoms with van der Waals surface area (Å²) in [6.07, 6.45) is 2.31. The Morgan fingerprint density at radius 1 is 1.53 bits per heavy atom. The summed E-state index contributed by atoms with van der Waals surface area (Å²) < 4.78 is 0.956. The Labute approximate surface area is 99.1 Å². The minimum Gasteiger partial charge on any atom is -0.388 e. The lowest BCUT2D eigenvalue weighted by Crippen LogP contribution is -2.39. The van der Waals surface area contributed by atoms with E-state index in [9.17, 15) is 5.11 Å². The van der Waals surface area contributed by atoms with Gasteiger partial charge in [-0.15, -0.1) is 0 Å². The van der Waals surface area contributed by atoms with Crippen LogP contribution in [-0.4, -0.2) is 28.8 Å². The first kappa shape index (κ1) is 12.6. The zero-order valence-electron chi connectivity index (χ0n) is 9.13. The molecule has 0 saturated carbocycles. The van der Waals surface area contributed by atoms with Crippen molar-refractivity contribution in [3.63, 3.8) is 0 Å². The van der Waals surface area contributed by atoms with Gasteiger partial charge in [0.1, 0.15) is 0 Å². The molecule has 3 nitrogen and oxygen atoms in total. The van der Waals surface area contributed by atoms with Crippen LogP contribution in [0.2, 0.25) is 0 Å². The summed E-state index contributed by atoms with van der Waals surface area (Å²) in [7, 11) is 0. The molecule has 1 aromatic rings. The van der Waals surface area contributed by atoms with E-state index in [4.69, 9.17) is 0 Å². The van der Waals surface area contributed by atoms with E-state index in [2.05, 4.69) is 26.2 Å². The quantitative estimate of drug-likeness (QED) is 0.859. The molecule has 0 spiro atoms. The van der Waals surface area contributed by atoms with E-state index in [1.165, 1.54) is 0 Å². The maximum Gasteiger partial charge on any atom is 0.0798 e. The third kappa shape index (κ3) is 4.73. The number of hydrogen-bond donors (Lipinski definition) is 2. The van der Waals surface area contributed by atoms with Crippen molar-refractivity contribution < 1.29 is 5.11 Å². The first-order valence-corrected chi connectivity index (χ1v) is 5.86. The van der Waals surface area contributed by atoms with Gasteiger partial charge in [0.05, 0.1) is 5.60 Å². The van der Waals surface area contributed by atoms with Crippen LogP contribution < -0.4 is 5.32 Å². The molecule has 0 saturated heterocycles. The zero-order valence-corrected chi connectivity index (χ0v) is 10.7. The number of likely N-dealkylation sites (N-methyl/N-ethyl adjacent to an activating group) is 1. The number of nitrogens with zero attached hydrogens (tertiary/aromatic N) is 1. The van der Waals surface area contributed by atoms with E-state index in [1.807, 2.05) is 26.0 Å². The van der Waals surface area contributed by atoms with E-state index < -0.39 is 5.60 Å². The molecule has 1 aromatic heterocycles. The first-order valence-electron chi connectivity index (χ1n) is 5.07. The Balaban J connectivity index is 2.56. The fourth-order valence-electron chi connectivity index (χ4n) is 1.36. The average molecular weight is 273 g/mol. The number of nitrogens with one attached hydrogen (secondary N) is 1. The molecular weight excluding hydrogens is 256 g/mol. The lowest BCUT2D eigenvalue weighted by molar-refractivity contribution is 0.0598. The fourth-order valence-corrected chi connectivity index (χ4v) is 1.59. The Bertz CT molecular complexity index is 298. The summed E-state index contributed by atoms with van der Waals surface area (Å²) in [6.45, 7) is 5.29. The van der Waals surface area contributed by atoms with Gasteiger partial charge in [0.25, 0.3) is 0 Å². The molecule has 2 N–H and O–H groups in total. The maximum absolute atomic E-state index is 10.1. The van der Waals surface area contributed by atoms with Crippen LogP contribution >= 0.6 is 15.9 Å². The summed E-state index contributed by atoms with van der Waals surface area (Å²) in [6, 6.07) is 3.86. The Hall–Kier alpha value is -0.450. The van der Waals surface area contributed by atoms with Crippen LogP contribution in [0.4, 0.5) is 0 Å². The molecule has 0 bridgehead atoms. The number of hydrogen-bond acceptors (Lipinski definition) is 3. The van der Waals surface area contributed by atoms with Crippen molar-refractivity contribution in [1.82, 2.24) is 10.3 Å². The topological polar surface area (TPSA) is 45.1 Å². The van der Waals surface area contributed by atoms with Crippen LogP contribution in [0.3, 0.4) is 0 Å². The zero-order chi connectivity index (χ0) is 11.3. The maximum atomic E-state index is 10.1. The molecule has 1 unspecified atom stereocenters. The van der Waals surface area contributed by atoms with Crippen molar-refractivity contribution in [2.24, 2.45) is 0 Å². The van der Waals surface area contributed by atoms with Crippen LogP contribution in [-0.2, 0) is 6.42 Å². The van der Waals surface area contributed by atoms with Crippen LogP contribution in [0.5, 0.6) is 0 Å². The lowest BCUT2D eigenvalue weighted by Gasteiger charge is -2.23. The highest BCUT2D eigenvalue weighted by atomic mass is 79.9. The smallest absolute Gasteiger partial charge is 0.0798 e. The van der Waals surface area contributed by atoms with E-state index in [-0.39, 0.29) is 0 Å². The van der Waals surface area contributed by atoms with Crippen LogP contribution in [0.15, 0.2) is 22.8 Å². The summed E-state index contributed by atoms with van der Waals surface area (Å²) in [5.41, 5.74) is 0.165. The number of aliphatic hydroxyl groups is 1. The van der Waals surface area contributed by atoms with Crippen LogP contribution in [0.1, 0.15) is 19.5 Å². The molecule has 0 aliphatic rings. The van der Waals surface area contributed by atoms with Gasteiger partial charge in [-0.05, 0) is 41.5 Å². The van der Waals surface area contributed by atoms with E-state index in [0.29, 0.717) is 13.0 Å². The number of pyridine rings is 1. The monoisotopic (exact) mass is 272 g/mol. The van der Waals surface area contributed by atoms with Gasteiger partial charge in [0, 0.05) is 29.3 Å². The Morgan fingerprint density at radius 3 is 2.80 bits per heavy atom. The third-order valence-electron chi connectivity index (χ3n) is 2.11. The van der Waals surface area contributed by atoms with E-state index >= 15 is 0 Å². The van der Waals surface area contributed by atoms with Crippen LogP contribution in [0.25, 0.3) is 0 Å². The van der Waals surface area contributed by atoms with E-state index in [1.54, 1.807) is 6.20 Å². The molecule has 0 fully saturated rings. The van der Waals surface area contributed by atoms with Gasteiger partial charge >= 0.3 is 0 Å². The minimum absolute atomic E-state index is 0.563. The standard InChI is InChI=1S/C11H17BrN2O/c1-3-13-8-11(2,15)6-10-5-4-9(12)7-14-10/h4-5,7,13,15H,3,6,8H2,1-2H3. The van der Waals surface area contributed by atoms with Gasteiger partial charge in [-0.2, -0.15) is 0 Å². The molecule has 1 heterocycles. The second-order valence-corrected chi connectivity index (χ2v) is 4.84. The van der Waals surface area contributed by atoms with Crippen LogP contribution in [0, 0.1) is 0 Å². The highest BCUT2D eigenvalue weighted by molar-refractivity contribution is 9.10. The SMILES string of the molecule is CCNCC(C)(O)Cc1ccc(Br)cn1. The fraction of sp³-hybridized carbons (Fsp3) is 0.545. The van der Waals surface area contributed by atoms with Gasteiger partial charge in [0.2, 0.25) is 0 Å². The normalized spacial score (nSPS) is 14.9. The third-order valence-corrected chi connectivity index (χ3v) is 2.58. The Morgan fingerprint density at radius 2 is 2.27 bits per heavy atom. The molecule has 1 rings (SSSR count). The molecular formula is C11H17BrN2O. The lowest BCUT2D eigenvalue weighted by atomic mass is 10.00. The second kappa shape index (κ2) is 5.58. The first-order chi connectivity index (χ1) is 7.03. The summed E-state index contributed by atoms with van der Waals surface area (Å²) >= 11 is 3.33. The molecule has 0 aromatic carbocycles. The summed E-state index contributed by atoms with van der Waals surface area (Å²) in [4.78, 5) is 4.24. The van der Waals surface area contributed by atoms with Gasteiger partial charge < -0.3 is 10.4 Å². The van der Waals surface area contributed by atoms with Crippen molar-refractivity contribution in [1.29, 1.82) is 0 Å². The largest absolute Gasteiger partial charge is 0.388 e. The highest BCUT2D eigenvalue weighted by Crippen LogP contribution is 2.13. The van der Waals surface area contributed by atoms with Crippen molar-refractivity contribution in [3.05, 3.63) is 28.5 Å². The Kier molecular flexibility index (Phi) is 4.70. The number of halogens is 1. The molecule has 4 heteroatoms. The van der Waals surface area contributed by atoms with Gasteiger partial charge in [-0.1, -0.05) is 6.92 Å². The van der Waals surface area contributed by atoms with Crippen molar-refractivity contribution >= 4 is 15.9 Å². The molecule has 15 heavy (non-hydrogen) atoms. The summed E-state index contributed by atoms with van der Waals surface area (Å²) in [5, 5.41) is 13.2. The molecule has 0 amide bonds.